The predicted molar refractivity (Wildman–Crippen MR) is 75.3 cm³/mol. The third kappa shape index (κ3) is 3.26. The maximum absolute atomic E-state index is 9.88. The van der Waals surface area contributed by atoms with Crippen LogP contribution in [0.2, 0.25) is 0 Å². The zero-order valence-electron chi connectivity index (χ0n) is 11.8. The molecule has 0 spiro atoms. The van der Waals surface area contributed by atoms with E-state index in [1.54, 1.807) is 6.92 Å². The van der Waals surface area contributed by atoms with Crippen molar-refractivity contribution >= 4 is 5.69 Å². The maximum Gasteiger partial charge on any atom is 0.0988 e. The molecule has 1 fully saturated rings. The second-order valence-electron chi connectivity index (χ2n) is 5.80. The van der Waals surface area contributed by atoms with E-state index in [0.29, 0.717) is 6.54 Å². The molecule has 106 valence electrons. The summed E-state index contributed by atoms with van der Waals surface area (Å²) in [7, 11) is 0. The van der Waals surface area contributed by atoms with E-state index < -0.39 is 6.10 Å². The largest absolute Gasteiger partial charge is 0.394 e. The van der Waals surface area contributed by atoms with Crippen LogP contribution in [0.3, 0.4) is 0 Å². The van der Waals surface area contributed by atoms with Gasteiger partial charge in [-0.15, -0.1) is 0 Å². The van der Waals surface area contributed by atoms with Crippen molar-refractivity contribution in [3.63, 3.8) is 0 Å². The molecule has 0 aliphatic carbocycles. The molecule has 2 atom stereocenters. The lowest BCUT2D eigenvalue weighted by Gasteiger charge is -2.44. The van der Waals surface area contributed by atoms with Gasteiger partial charge in [0.1, 0.15) is 0 Å². The highest BCUT2D eigenvalue weighted by Gasteiger charge is 2.34. The first-order valence-electron chi connectivity index (χ1n) is 6.73. The number of morpholine rings is 1. The highest BCUT2D eigenvalue weighted by molar-refractivity contribution is 5.55. The summed E-state index contributed by atoms with van der Waals surface area (Å²) in [6, 6.07) is 7.85. The first-order chi connectivity index (χ1) is 8.93. The second kappa shape index (κ2) is 5.49. The molecule has 1 aromatic carbocycles. The molecule has 1 unspecified atom stereocenters. The van der Waals surface area contributed by atoms with Gasteiger partial charge < -0.3 is 19.8 Å². The van der Waals surface area contributed by atoms with Gasteiger partial charge in [-0.1, -0.05) is 18.2 Å². The summed E-state index contributed by atoms with van der Waals surface area (Å²) in [6.45, 7) is 7.21. The zero-order valence-corrected chi connectivity index (χ0v) is 11.8. The van der Waals surface area contributed by atoms with E-state index >= 15 is 0 Å². The molecule has 1 aromatic rings. The van der Waals surface area contributed by atoms with Crippen molar-refractivity contribution in [1.82, 2.24) is 0 Å². The van der Waals surface area contributed by atoms with Gasteiger partial charge in [0.2, 0.25) is 0 Å². The number of rotatable bonds is 3. The quantitative estimate of drug-likeness (QED) is 0.873. The summed E-state index contributed by atoms with van der Waals surface area (Å²) in [5, 5.41) is 19.2. The van der Waals surface area contributed by atoms with E-state index in [0.717, 1.165) is 17.8 Å². The molecule has 0 radical (unpaired) electrons. The number of benzene rings is 1. The maximum atomic E-state index is 9.88. The van der Waals surface area contributed by atoms with Crippen LogP contribution in [0.1, 0.15) is 32.4 Å². The van der Waals surface area contributed by atoms with Crippen molar-refractivity contribution in [3.8, 4) is 0 Å². The van der Waals surface area contributed by atoms with Gasteiger partial charge in [0.15, 0.2) is 0 Å². The minimum absolute atomic E-state index is 0.0107. The molecule has 0 aromatic heterocycles. The molecule has 1 saturated heterocycles. The molecule has 4 heteroatoms. The van der Waals surface area contributed by atoms with Gasteiger partial charge in [0, 0.05) is 24.3 Å². The summed E-state index contributed by atoms with van der Waals surface area (Å²) < 4.78 is 5.82. The van der Waals surface area contributed by atoms with Crippen molar-refractivity contribution in [2.45, 2.75) is 38.6 Å². The number of aliphatic hydroxyl groups is 2. The van der Waals surface area contributed by atoms with Crippen LogP contribution >= 0.6 is 0 Å². The number of aliphatic hydroxyl groups excluding tert-OH is 2. The fourth-order valence-electron chi connectivity index (χ4n) is 2.70. The highest BCUT2D eigenvalue weighted by atomic mass is 16.5. The van der Waals surface area contributed by atoms with Gasteiger partial charge in [-0.2, -0.15) is 0 Å². The minimum atomic E-state index is -0.505. The van der Waals surface area contributed by atoms with E-state index in [2.05, 4.69) is 4.90 Å². The molecule has 0 bridgehead atoms. The van der Waals surface area contributed by atoms with Gasteiger partial charge in [0.05, 0.1) is 24.4 Å². The first kappa shape index (κ1) is 14.3. The summed E-state index contributed by atoms with van der Waals surface area (Å²) in [4.78, 5) is 2.19. The van der Waals surface area contributed by atoms with E-state index in [1.807, 2.05) is 38.1 Å². The fraction of sp³-hybridized carbons (Fsp3) is 0.600. The van der Waals surface area contributed by atoms with Crippen molar-refractivity contribution in [3.05, 3.63) is 29.8 Å². The summed E-state index contributed by atoms with van der Waals surface area (Å²) in [5.41, 5.74) is 1.63. The number of hydrogen-bond acceptors (Lipinski definition) is 4. The van der Waals surface area contributed by atoms with Crippen LogP contribution in [0.15, 0.2) is 24.3 Å². The molecule has 4 nitrogen and oxygen atoms in total. The van der Waals surface area contributed by atoms with E-state index in [4.69, 9.17) is 4.74 Å². The summed E-state index contributed by atoms with van der Waals surface area (Å²) in [6.07, 6.45) is -0.694. The normalized spacial score (nSPS) is 24.3. The van der Waals surface area contributed by atoms with Crippen molar-refractivity contribution in [2.24, 2.45) is 0 Å². The van der Waals surface area contributed by atoms with Crippen LogP contribution in [0.25, 0.3) is 0 Å². The minimum Gasteiger partial charge on any atom is -0.394 e. The topological polar surface area (TPSA) is 52.9 Å². The Bertz CT molecular complexity index is 431. The smallest absolute Gasteiger partial charge is 0.0988 e. The van der Waals surface area contributed by atoms with Crippen LogP contribution in [-0.2, 0) is 4.74 Å². The summed E-state index contributed by atoms with van der Waals surface area (Å²) in [5.74, 6) is 0. The molecule has 1 aliphatic heterocycles. The first-order valence-corrected chi connectivity index (χ1v) is 6.73. The Morgan fingerprint density at radius 2 is 2.11 bits per heavy atom. The Kier molecular flexibility index (Phi) is 4.13. The van der Waals surface area contributed by atoms with Crippen LogP contribution in [-0.4, -0.2) is 41.6 Å². The molecule has 1 aliphatic rings. The van der Waals surface area contributed by atoms with Gasteiger partial charge in [0.25, 0.3) is 0 Å². The fourth-order valence-corrected chi connectivity index (χ4v) is 2.70. The monoisotopic (exact) mass is 265 g/mol. The Morgan fingerprint density at radius 3 is 2.74 bits per heavy atom. The highest BCUT2D eigenvalue weighted by Crippen LogP contribution is 2.31. The predicted octanol–water partition coefficient (Wildman–Crippen LogP) is 1.72. The lowest BCUT2D eigenvalue weighted by atomic mass is 10.0. The molecule has 0 amide bonds. The van der Waals surface area contributed by atoms with Gasteiger partial charge in [-0.05, 0) is 26.8 Å². The average Bonchev–Trinajstić information content (AvgIpc) is 2.36. The Balaban J connectivity index is 2.30. The number of para-hydroxylation sites is 1. The van der Waals surface area contributed by atoms with E-state index in [1.165, 1.54) is 0 Å². The van der Waals surface area contributed by atoms with Crippen LogP contribution in [0.4, 0.5) is 5.69 Å². The number of nitrogens with zero attached hydrogens (tertiary/aromatic N) is 1. The SMILES string of the molecule is C[C@H](O)c1ccccc1N1CC(CO)OC(C)(C)C1. The van der Waals surface area contributed by atoms with Crippen molar-refractivity contribution < 1.29 is 14.9 Å². The van der Waals surface area contributed by atoms with Crippen LogP contribution in [0.5, 0.6) is 0 Å². The molecule has 1 heterocycles. The van der Waals surface area contributed by atoms with E-state index in [-0.39, 0.29) is 18.3 Å². The second-order valence-corrected chi connectivity index (χ2v) is 5.80. The Morgan fingerprint density at radius 1 is 1.42 bits per heavy atom. The molecule has 2 rings (SSSR count). The number of anilines is 1. The van der Waals surface area contributed by atoms with Crippen LogP contribution < -0.4 is 4.90 Å². The third-order valence-electron chi connectivity index (χ3n) is 3.41. The zero-order chi connectivity index (χ0) is 14.0. The lowest BCUT2D eigenvalue weighted by molar-refractivity contribution is -0.101. The van der Waals surface area contributed by atoms with Gasteiger partial charge in [-0.3, -0.25) is 0 Å². The Hall–Kier alpha value is -1.10. The standard InChI is InChI=1S/C15H23NO3/c1-11(18)13-6-4-5-7-14(13)16-8-12(9-17)19-15(2,3)10-16/h4-7,11-12,17-18H,8-10H2,1-3H3/t11-,12?/m0/s1. The molecule has 2 N–H and O–H groups in total. The number of ether oxygens (including phenoxy) is 1. The molecular formula is C15H23NO3. The molecule has 19 heavy (non-hydrogen) atoms. The van der Waals surface area contributed by atoms with Crippen molar-refractivity contribution in [1.29, 1.82) is 0 Å². The van der Waals surface area contributed by atoms with Gasteiger partial charge in [-0.25, -0.2) is 0 Å². The average molecular weight is 265 g/mol. The van der Waals surface area contributed by atoms with Crippen LogP contribution in [0, 0.1) is 0 Å². The summed E-state index contributed by atoms with van der Waals surface area (Å²) >= 11 is 0. The molecular weight excluding hydrogens is 242 g/mol. The Labute approximate surface area is 114 Å². The third-order valence-corrected chi connectivity index (χ3v) is 3.41. The lowest BCUT2D eigenvalue weighted by Crippen LogP contribution is -2.54. The van der Waals surface area contributed by atoms with E-state index in [9.17, 15) is 10.2 Å². The van der Waals surface area contributed by atoms with Gasteiger partial charge >= 0.3 is 0 Å². The van der Waals surface area contributed by atoms with Crippen molar-refractivity contribution in [2.75, 3.05) is 24.6 Å². The number of hydrogen-bond donors (Lipinski definition) is 2. The molecule has 0 saturated carbocycles.